The number of piperidine rings is 1. The van der Waals surface area contributed by atoms with Crippen LogP contribution in [0.15, 0.2) is 0 Å². The number of amides is 2. The summed E-state index contributed by atoms with van der Waals surface area (Å²) in [6, 6.07) is 0. The zero-order valence-corrected chi connectivity index (χ0v) is 19.2. The van der Waals surface area contributed by atoms with Crippen molar-refractivity contribution in [3.8, 4) is 0 Å². The Morgan fingerprint density at radius 2 is 1.82 bits per heavy atom. The number of likely N-dealkylation sites (tertiary alicyclic amines) is 1. The van der Waals surface area contributed by atoms with Crippen molar-refractivity contribution in [2.45, 2.75) is 78.4 Å². The first-order valence-electron chi connectivity index (χ1n) is 10.9. The summed E-state index contributed by atoms with van der Waals surface area (Å²) < 4.78 is 5.90. The lowest BCUT2D eigenvalue weighted by Gasteiger charge is -2.32. The molecule has 1 fully saturated rings. The Kier molecular flexibility index (Phi) is 10.5. The summed E-state index contributed by atoms with van der Waals surface area (Å²) >= 11 is 0. The molecule has 1 unspecified atom stereocenters. The van der Waals surface area contributed by atoms with Crippen molar-refractivity contribution in [1.29, 1.82) is 0 Å². The number of rotatable bonds is 11. The minimum atomic E-state index is -0.284. The summed E-state index contributed by atoms with van der Waals surface area (Å²) in [5.74, 6) is 0.957. The van der Waals surface area contributed by atoms with Crippen molar-refractivity contribution >= 4 is 11.8 Å². The molecular formula is C22H43N3O3. The molecule has 0 aromatic carbocycles. The molecule has 1 aliphatic rings. The lowest BCUT2D eigenvalue weighted by Crippen LogP contribution is -2.48. The lowest BCUT2D eigenvalue weighted by atomic mass is 9.93. The van der Waals surface area contributed by atoms with Crippen LogP contribution in [0, 0.1) is 11.8 Å². The van der Waals surface area contributed by atoms with Gasteiger partial charge in [0, 0.05) is 38.1 Å². The molecule has 1 rings (SSSR count). The van der Waals surface area contributed by atoms with Crippen LogP contribution in [0.5, 0.6) is 0 Å². The smallest absolute Gasteiger partial charge is 0.223 e. The molecular weight excluding hydrogens is 354 g/mol. The molecule has 0 spiro atoms. The molecule has 6 nitrogen and oxygen atoms in total. The van der Waals surface area contributed by atoms with E-state index in [9.17, 15) is 9.59 Å². The van der Waals surface area contributed by atoms with Gasteiger partial charge < -0.3 is 19.9 Å². The number of nitrogens with zero attached hydrogens (tertiary/aromatic N) is 2. The Hall–Kier alpha value is -1.14. The Bertz CT molecular complexity index is 485. The molecule has 2 amide bonds. The highest BCUT2D eigenvalue weighted by Gasteiger charge is 2.28. The van der Waals surface area contributed by atoms with Crippen LogP contribution in [0.1, 0.15) is 66.7 Å². The summed E-state index contributed by atoms with van der Waals surface area (Å²) in [7, 11) is 3.97. The van der Waals surface area contributed by atoms with Gasteiger partial charge in [-0.1, -0.05) is 13.8 Å². The monoisotopic (exact) mass is 397 g/mol. The summed E-state index contributed by atoms with van der Waals surface area (Å²) in [6.07, 6.45) is 3.91. The molecule has 1 N–H and O–H groups in total. The van der Waals surface area contributed by atoms with E-state index >= 15 is 0 Å². The first-order chi connectivity index (χ1) is 13.0. The molecule has 164 valence electrons. The zero-order chi connectivity index (χ0) is 21.3. The van der Waals surface area contributed by atoms with Gasteiger partial charge in [-0.05, 0) is 72.5 Å². The fourth-order valence-corrected chi connectivity index (χ4v) is 3.53. The minimum absolute atomic E-state index is 0.0387. The second kappa shape index (κ2) is 11.8. The standard InChI is InChI=1S/C22H43N3O3/c1-17(2)16-25(7)20(26)9-8-18(3)28-15-12-22(4,5)23-21(27)19-10-13-24(6)14-11-19/h17-19H,8-16H2,1-7H3,(H,23,27). The van der Waals surface area contributed by atoms with Crippen LogP contribution in [-0.2, 0) is 14.3 Å². The number of carbonyl (C=O) groups is 2. The summed E-state index contributed by atoms with van der Waals surface area (Å²) in [5, 5.41) is 3.20. The first kappa shape index (κ1) is 24.9. The quantitative estimate of drug-likeness (QED) is 0.582. The van der Waals surface area contributed by atoms with Crippen molar-refractivity contribution < 1.29 is 14.3 Å². The van der Waals surface area contributed by atoms with E-state index in [1.807, 2.05) is 14.0 Å². The largest absolute Gasteiger partial charge is 0.378 e. The van der Waals surface area contributed by atoms with Crippen LogP contribution < -0.4 is 5.32 Å². The third-order valence-corrected chi connectivity index (χ3v) is 5.51. The van der Waals surface area contributed by atoms with Gasteiger partial charge in [0.1, 0.15) is 0 Å². The van der Waals surface area contributed by atoms with Crippen LogP contribution in [0.2, 0.25) is 0 Å². The predicted octanol–water partition coefficient (Wildman–Crippen LogP) is 2.91. The molecule has 1 heterocycles. The highest BCUT2D eigenvalue weighted by molar-refractivity contribution is 5.79. The summed E-state index contributed by atoms with van der Waals surface area (Å²) in [6.45, 7) is 13.7. The van der Waals surface area contributed by atoms with Crippen LogP contribution in [0.3, 0.4) is 0 Å². The van der Waals surface area contributed by atoms with E-state index in [1.54, 1.807) is 4.90 Å². The first-order valence-corrected chi connectivity index (χ1v) is 10.9. The van der Waals surface area contributed by atoms with E-state index in [1.165, 1.54) is 0 Å². The number of carbonyl (C=O) groups excluding carboxylic acids is 2. The van der Waals surface area contributed by atoms with Crippen molar-refractivity contribution in [2.24, 2.45) is 11.8 Å². The molecule has 0 aliphatic carbocycles. The van der Waals surface area contributed by atoms with Crippen molar-refractivity contribution in [3.63, 3.8) is 0 Å². The molecule has 1 aliphatic heterocycles. The molecule has 6 heteroatoms. The molecule has 1 saturated heterocycles. The fourth-order valence-electron chi connectivity index (χ4n) is 3.53. The van der Waals surface area contributed by atoms with Gasteiger partial charge in [0.2, 0.25) is 11.8 Å². The number of hydrogen-bond acceptors (Lipinski definition) is 4. The van der Waals surface area contributed by atoms with Gasteiger partial charge in [-0.3, -0.25) is 9.59 Å². The van der Waals surface area contributed by atoms with Crippen molar-refractivity contribution in [3.05, 3.63) is 0 Å². The fraction of sp³-hybridized carbons (Fsp3) is 0.909. The second-order valence-electron chi connectivity index (χ2n) is 9.59. The van der Waals surface area contributed by atoms with E-state index in [4.69, 9.17) is 4.74 Å². The Labute approximate surface area is 172 Å². The lowest BCUT2D eigenvalue weighted by molar-refractivity contribution is -0.131. The maximum absolute atomic E-state index is 12.5. The van der Waals surface area contributed by atoms with E-state index in [-0.39, 0.29) is 29.4 Å². The Morgan fingerprint density at radius 3 is 2.39 bits per heavy atom. The average molecular weight is 398 g/mol. The zero-order valence-electron chi connectivity index (χ0n) is 19.2. The topological polar surface area (TPSA) is 61.9 Å². The number of hydrogen-bond donors (Lipinski definition) is 1. The SMILES string of the molecule is CC(C)CN(C)C(=O)CCC(C)OCCC(C)(C)NC(=O)C1CCN(C)CC1. The molecule has 0 bridgehead atoms. The average Bonchev–Trinajstić information content (AvgIpc) is 2.58. The summed E-state index contributed by atoms with van der Waals surface area (Å²) in [5.41, 5.74) is -0.284. The maximum atomic E-state index is 12.5. The number of ether oxygens (including phenoxy) is 1. The third kappa shape index (κ3) is 9.87. The van der Waals surface area contributed by atoms with Crippen LogP contribution in [0.4, 0.5) is 0 Å². The van der Waals surface area contributed by atoms with Gasteiger partial charge in [0.15, 0.2) is 0 Å². The summed E-state index contributed by atoms with van der Waals surface area (Å²) in [4.78, 5) is 28.7. The maximum Gasteiger partial charge on any atom is 0.223 e. The van der Waals surface area contributed by atoms with Crippen molar-refractivity contribution in [2.75, 3.05) is 40.3 Å². The highest BCUT2D eigenvalue weighted by Crippen LogP contribution is 2.19. The van der Waals surface area contributed by atoms with Crippen LogP contribution >= 0.6 is 0 Å². The molecule has 0 aromatic heterocycles. The minimum Gasteiger partial charge on any atom is -0.378 e. The van der Waals surface area contributed by atoms with Crippen molar-refractivity contribution in [1.82, 2.24) is 15.1 Å². The van der Waals surface area contributed by atoms with Crippen LogP contribution in [-0.4, -0.2) is 73.6 Å². The normalized spacial score (nSPS) is 17.6. The number of nitrogens with one attached hydrogen (secondary N) is 1. The van der Waals surface area contributed by atoms with E-state index in [0.717, 1.165) is 45.3 Å². The highest BCUT2D eigenvalue weighted by atomic mass is 16.5. The van der Waals surface area contributed by atoms with Gasteiger partial charge in [-0.25, -0.2) is 0 Å². The molecule has 0 radical (unpaired) electrons. The molecule has 0 aromatic rings. The van der Waals surface area contributed by atoms with E-state index in [0.29, 0.717) is 18.9 Å². The van der Waals surface area contributed by atoms with Gasteiger partial charge in [-0.15, -0.1) is 0 Å². The Morgan fingerprint density at radius 1 is 1.21 bits per heavy atom. The Balaban J connectivity index is 2.25. The van der Waals surface area contributed by atoms with E-state index in [2.05, 4.69) is 45.0 Å². The van der Waals surface area contributed by atoms with Gasteiger partial charge >= 0.3 is 0 Å². The van der Waals surface area contributed by atoms with Gasteiger partial charge in [0.25, 0.3) is 0 Å². The van der Waals surface area contributed by atoms with Gasteiger partial charge in [0.05, 0.1) is 6.10 Å². The molecule has 28 heavy (non-hydrogen) atoms. The van der Waals surface area contributed by atoms with Gasteiger partial charge in [-0.2, -0.15) is 0 Å². The predicted molar refractivity (Wildman–Crippen MR) is 114 cm³/mol. The van der Waals surface area contributed by atoms with Crippen LogP contribution in [0.25, 0.3) is 0 Å². The third-order valence-electron chi connectivity index (χ3n) is 5.51. The van der Waals surface area contributed by atoms with E-state index < -0.39 is 0 Å². The molecule has 0 saturated carbocycles. The molecule has 1 atom stereocenters. The second-order valence-corrected chi connectivity index (χ2v) is 9.59.